The van der Waals surface area contributed by atoms with Crippen LogP contribution in [0, 0.1) is 0 Å². The number of thiophene rings is 1. The second-order valence-corrected chi connectivity index (χ2v) is 9.80. The van der Waals surface area contributed by atoms with Crippen molar-refractivity contribution >= 4 is 56.6 Å². The molecule has 2 aliphatic heterocycles. The van der Waals surface area contributed by atoms with Gasteiger partial charge in [0.1, 0.15) is 27.0 Å². The lowest BCUT2D eigenvalue weighted by Crippen LogP contribution is -2.39. The first-order valence-corrected chi connectivity index (χ1v) is 12.8. The number of carbonyl (C=O) groups excluding carboxylic acids is 3. The van der Waals surface area contributed by atoms with Crippen molar-refractivity contribution in [3.05, 3.63) is 78.5 Å². The predicted molar refractivity (Wildman–Crippen MR) is 144 cm³/mol. The lowest BCUT2D eigenvalue weighted by atomic mass is 10.1. The molecule has 1 atom stereocenters. The molecule has 1 saturated heterocycles. The van der Waals surface area contributed by atoms with Gasteiger partial charge in [-0.25, -0.2) is 19.7 Å². The molecule has 38 heavy (non-hydrogen) atoms. The standard InChI is InChI=1S/C27H22N6O4S/c1-2-21(34)32-13-11-16(15-32)30-25(35)24-23-22-19(10-12-28-26(22)38-24)33(27(36)31-23)20-9-8-18(14-29-20)37-17-6-4-3-5-7-17/h2-10,12,14,16H,1,11,13,15H2,(H,30,35)(H,31,36)/t16-/m1/s1. The molecule has 0 bridgehead atoms. The smallest absolute Gasteiger partial charge is 0.332 e. The first-order valence-electron chi connectivity index (χ1n) is 12.0. The maximum atomic E-state index is 13.3. The molecule has 0 saturated carbocycles. The van der Waals surface area contributed by atoms with Crippen molar-refractivity contribution in [1.82, 2.24) is 20.2 Å². The van der Waals surface area contributed by atoms with E-state index in [1.807, 2.05) is 30.3 Å². The average molecular weight is 527 g/mol. The van der Waals surface area contributed by atoms with Gasteiger partial charge in [-0.15, -0.1) is 11.3 Å². The molecule has 0 unspecified atom stereocenters. The van der Waals surface area contributed by atoms with Crippen molar-refractivity contribution in [2.24, 2.45) is 0 Å². The summed E-state index contributed by atoms with van der Waals surface area (Å²) in [5, 5.41) is 6.53. The topological polar surface area (TPSA) is 117 Å². The van der Waals surface area contributed by atoms with Crippen molar-refractivity contribution in [3.8, 4) is 11.5 Å². The molecule has 4 amide bonds. The Kier molecular flexibility index (Phi) is 5.97. The number of nitrogens with one attached hydrogen (secondary N) is 2. The summed E-state index contributed by atoms with van der Waals surface area (Å²) in [6.07, 6.45) is 5.07. The first kappa shape index (κ1) is 23.6. The van der Waals surface area contributed by atoms with Crippen LogP contribution < -0.4 is 20.3 Å². The molecule has 0 spiro atoms. The number of anilines is 3. The molecule has 4 aromatic rings. The molecule has 6 rings (SSSR count). The second-order valence-electron chi connectivity index (χ2n) is 8.80. The SMILES string of the molecule is C=CC(=O)N1CC[C@@H](NC(=O)c2sc3nccc4c3c2NC(=O)N4c2ccc(Oc3ccccc3)cn2)C1. The molecule has 2 aliphatic rings. The summed E-state index contributed by atoms with van der Waals surface area (Å²) in [4.78, 5) is 51.4. The molecule has 5 heterocycles. The molecule has 1 fully saturated rings. The van der Waals surface area contributed by atoms with Crippen molar-refractivity contribution in [2.45, 2.75) is 12.5 Å². The van der Waals surface area contributed by atoms with Gasteiger partial charge in [0.25, 0.3) is 5.91 Å². The minimum atomic E-state index is -0.440. The number of hydrogen-bond acceptors (Lipinski definition) is 7. The summed E-state index contributed by atoms with van der Waals surface area (Å²) in [6, 6.07) is 13.9. The van der Waals surface area contributed by atoms with E-state index in [1.165, 1.54) is 22.3 Å². The van der Waals surface area contributed by atoms with Crippen LogP contribution in [0.5, 0.6) is 11.5 Å². The minimum absolute atomic E-state index is 0.159. The van der Waals surface area contributed by atoms with Crippen molar-refractivity contribution < 1.29 is 19.1 Å². The number of benzene rings is 1. The van der Waals surface area contributed by atoms with E-state index in [2.05, 4.69) is 27.2 Å². The Bertz CT molecular complexity index is 1570. The van der Waals surface area contributed by atoms with Gasteiger partial charge in [-0.2, -0.15) is 0 Å². The normalized spacial score (nSPS) is 16.3. The second kappa shape index (κ2) is 9.60. The fourth-order valence-corrected chi connectivity index (χ4v) is 5.64. The number of aromatic nitrogens is 2. The summed E-state index contributed by atoms with van der Waals surface area (Å²) >= 11 is 1.21. The number of rotatable bonds is 6. The van der Waals surface area contributed by atoms with Crippen LogP contribution in [0.2, 0.25) is 0 Å². The third kappa shape index (κ3) is 4.22. The lowest BCUT2D eigenvalue weighted by molar-refractivity contribution is -0.125. The van der Waals surface area contributed by atoms with Crippen LogP contribution in [0.25, 0.3) is 10.2 Å². The number of pyridine rings is 2. The van der Waals surface area contributed by atoms with E-state index < -0.39 is 6.03 Å². The summed E-state index contributed by atoms with van der Waals surface area (Å²) in [6.45, 7) is 4.48. The molecule has 10 nitrogen and oxygen atoms in total. The van der Waals surface area contributed by atoms with Gasteiger partial charge in [0.15, 0.2) is 0 Å². The third-order valence-corrected chi connectivity index (χ3v) is 7.49. The highest BCUT2D eigenvalue weighted by atomic mass is 32.1. The molecule has 0 radical (unpaired) electrons. The number of urea groups is 1. The van der Waals surface area contributed by atoms with Crippen LogP contribution >= 0.6 is 11.3 Å². The van der Waals surface area contributed by atoms with Crippen LogP contribution in [0.4, 0.5) is 22.0 Å². The average Bonchev–Trinajstić information content (AvgIpc) is 3.55. The molecule has 2 N–H and O–H groups in total. The summed E-state index contributed by atoms with van der Waals surface area (Å²) in [5.41, 5.74) is 1.00. The Hall–Kier alpha value is -4.77. The van der Waals surface area contributed by atoms with Gasteiger partial charge in [0.05, 0.1) is 23.0 Å². The molecule has 3 aromatic heterocycles. The number of hydrogen-bond donors (Lipinski definition) is 2. The Morgan fingerprint density at radius 3 is 2.74 bits per heavy atom. The largest absolute Gasteiger partial charge is 0.456 e. The molecule has 11 heteroatoms. The zero-order chi connectivity index (χ0) is 26.2. The Labute approximate surface area is 221 Å². The van der Waals surface area contributed by atoms with E-state index in [9.17, 15) is 14.4 Å². The summed E-state index contributed by atoms with van der Waals surface area (Å²) in [5.74, 6) is 1.14. The third-order valence-electron chi connectivity index (χ3n) is 6.39. The number of para-hydroxylation sites is 1. The number of nitrogens with zero attached hydrogens (tertiary/aromatic N) is 4. The van der Waals surface area contributed by atoms with Crippen molar-refractivity contribution in [1.29, 1.82) is 0 Å². The Morgan fingerprint density at radius 1 is 1.13 bits per heavy atom. The van der Waals surface area contributed by atoms with E-state index in [-0.39, 0.29) is 17.9 Å². The minimum Gasteiger partial charge on any atom is -0.456 e. The van der Waals surface area contributed by atoms with Crippen LogP contribution in [0.1, 0.15) is 16.1 Å². The monoisotopic (exact) mass is 526 g/mol. The quantitative estimate of drug-likeness (QED) is 0.352. The summed E-state index contributed by atoms with van der Waals surface area (Å²) < 4.78 is 5.81. The fraction of sp³-hybridized carbons (Fsp3) is 0.148. The number of likely N-dealkylation sites (tertiary alicyclic amines) is 1. The number of carbonyl (C=O) groups is 3. The number of ether oxygens (including phenoxy) is 1. The highest BCUT2D eigenvalue weighted by Gasteiger charge is 2.34. The maximum Gasteiger partial charge on any atom is 0.332 e. The van der Waals surface area contributed by atoms with E-state index in [0.29, 0.717) is 63.3 Å². The Morgan fingerprint density at radius 2 is 1.97 bits per heavy atom. The zero-order valence-corrected chi connectivity index (χ0v) is 20.9. The lowest BCUT2D eigenvalue weighted by Gasteiger charge is -2.27. The predicted octanol–water partition coefficient (Wildman–Crippen LogP) is 4.68. The molecule has 190 valence electrons. The van der Waals surface area contributed by atoms with Crippen LogP contribution in [-0.2, 0) is 4.79 Å². The van der Waals surface area contributed by atoms with Crippen molar-refractivity contribution in [3.63, 3.8) is 0 Å². The number of amides is 4. The highest BCUT2D eigenvalue weighted by molar-refractivity contribution is 7.21. The zero-order valence-electron chi connectivity index (χ0n) is 20.1. The van der Waals surface area contributed by atoms with Gasteiger partial charge in [-0.3, -0.25) is 9.59 Å². The van der Waals surface area contributed by atoms with E-state index in [4.69, 9.17) is 4.74 Å². The molecule has 0 aliphatic carbocycles. The first-order chi connectivity index (χ1) is 18.5. The molecular formula is C27H22N6O4S. The summed E-state index contributed by atoms with van der Waals surface area (Å²) in [7, 11) is 0. The van der Waals surface area contributed by atoms with Crippen LogP contribution in [0.15, 0.2) is 73.6 Å². The van der Waals surface area contributed by atoms with Gasteiger partial charge in [-0.1, -0.05) is 24.8 Å². The van der Waals surface area contributed by atoms with Crippen LogP contribution in [-0.4, -0.2) is 51.8 Å². The maximum absolute atomic E-state index is 13.3. The Balaban J connectivity index is 1.27. The fourth-order valence-electron chi connectivity index (χ4n) is 4.62. The van der Waals surface area contributed by atoms with E-state index in [0.717, 1.165) is 0 Å². The highest BCUT2D eigenvalue weighted by Crippen LogP contribution is 2.45. The van der Waals surface area contributed by atoms with Gasteiger partial charge in [0.2, 0.25) is 5.91 Å². The van der Waals surface area contributed by atoms with Gasteiger partial charge in [0, 0.05) is 25.3 Å². The molecule has 1 aromatic carbocycles. The van der Waals surface area contributed by atoms with Gasteiger partial charge in [-0.05, 0) is 42.8 Å². The van der Waals surface area contributed by atoms with Crippen molar-refractivity contribution in [2.75, 3.05) is 23.3 Å². The van der Waals surface area contributed by atoms with E-state index >= 15 is 0 Å². The molecular weight excluding hydrogens is 504 g/mol. The van der Waals surface area contributed by atoms with Gasteiger partial charge < -0.3 is 20.3 Å². The van der Waals surface area contributed by atoms with Crippen LogP contribution in [0.3, 0.4) is 0 Å². The van der Waals surface area contributed by atoms with Gasteiger partial charge >= 0.3 is 6.03 Å². The van der Waals surface area contributed by atoms with E-state index in [1.54, 1.807) is 35.5 Å².